The summed E-state index contributed by atoms with van der Waals surface area (Å²) in [5.41, 5.74) is 1.06. The Morgan fingerprint density at radius 3 is 2.21 bits per heavy atom. The van der Waals surface area contributed by atoms with Crippen molar-refractivity contribution >= 4 is 27.4 Å². The van der Waals surface area contributed by atoms with Gasteiger partial charge in [0.1, 0.15) is 5.75 Å². The Labute approximate surface area is 205 Å². The van der Waals surface area contributed by atoms with Crippen molar-refractivity contribution in [3.63, 3.8) is 0 Å². The predicted octanol–water partition coefficient (Wildman–Crippen LogP) is 5.76. The van der Waals surface area contributed by atoms with Crippen molar-refractivity contribution in [2.75, 3.05) is 0 Å². The van der Waals surface area contributed by atoms with E-state index in [1.54, 1.807) is 81.4 Å². The highest BCUT2D eigenvalue weighted by Crippen LogP contribution is 2.29. The number of halogens is 1. The highest BCUT2D eigenvalue weighted by Gasteiger charge is 2.33. The summed E-state index contributed by atoms with van der Waals surface area (Å²) in [5, 5.41) is 10.0. The summed E-state index contributed by atoms with van der Waals surface area (Å²) in [7, 11) is -3.70. The fourth-order valence-electron chi connectivity index (χ4n) is 3.20. The van der Waals surface area contributed by atoms with Crippen molar-refractivity contribution < 1.29 is 23.1 Å². The minimum absolute atomic E-state index is 0.134. The lowest BCUT2D eigenvalue weighted by Crippen LogP contribution is -2.39. The van der Waals surface area contributed by atoms with Crippen molar-refractivity contribution in [2.24, 2.45) is 5.41 Å². The van der Waals surface area contributed by atoms with Gasteiger partial charge in [0, 0.05) is 16.0 Å². The van der Waals surface area contributed by atoms with Gasteiger partial charge in [-0.05, 0) is 55.0 Å². The van der Waals surface area contributed by atoms with Gasteiger partial charge in [0.25, 0.3) is 0 Å². The highest BCUT2D eigenvalue weighted by molar-refractivity contribution is 7.91. The second-order valence-electron chi connectivity index (χ2n) is 8.89. The molecule has 0 aliphatic rings. The van der Waals surface area contributed by atoms with Crippen LogP contribution in [0.2, 0.25) is 5.02 Å². The molecule has 1 atom stereocenters. The van der Waals surface area contributed by atoms with Crippen molar-refractivity contribution in [2.45, 2.75) is 43.6 Å². The average molecular weight is 497 g/mol. The van der Waals surface area contributed by atoms with Gasteiger partial charge >= 0.3 is 5.97 Å². The molecule has 0 aromatic heterocycles. The molecule has 3 aromatic rings. The molecule has 176 valence electrons. The molecule has 0 radical (unpaired) electrons. The Morgan fingerprint density at radius 2 is 1.59 bits per heavy atom. The average Bonchev–Trinajstić information content (AvgIpc) is 2.77. The number of aryl methyl sites for hydroxylation is 1. The number of hydrogen-bond donors (Lipinski definition) is 1. The minimum Gasteiger partial charge on any atom is -0.478 e. The van der Waals surface area contributed by atoms with E-state index in [1.165, 1.54) is 6.07 Å². The molecule has 0 saturated carbocycles. The fraction of sp³-hybridized carbons (Fsp3) is 0.222. The van der Waals surface area contributed by atoms with Crippen LogP contribution in [-0.4, -0.2) is 25.6 Å². The van der Waals surface area contributed by atoms with Crippen LogP contribution in [0.5, 0.6) is 5.75 Å². The summed E-state index contributed by atoms with van der Waals surface area (Å²) in [6.45, 7) is 7.15. The lowest BCUT2D eigenvalue weighted by Gasteiger charge is -2.28. The van der Waals surface area contributed by atoms with Gasteiger partial charge in [0.2, 0.25) is 9.84 Å². The van der Waals surface area contributed by atoms with E-state index in [0.717, 1.165) is 5.56 Å². The molecule has 0 aliphatic carbocycles. The number of carboxylic acids is 1. The zero-order chi connectivity index (χ0) is 25.1. The number of benzene rings is 3. The van der Waals surface area contributed by atoms with E-state index < -0.39 is 27.3 Å². The quantitative estimate of drug-likeness (QED) is 0.454. The summed E-state index contributed by atoms with van der Waals surface area (Å²) in [5.74, 6) is 5.18. The summed E-state index contributed by atoms with van der Waals surface area (Å²) in [6.07, 6.45) is -1.10. The number of rotatable bonds is 5. The molecule has 7 heteroatoms. The number of carboxylic acid groups (broad SMARTS) is 1. The number of carbonyl (C=O) groups is 1. The first-order valence-corrected chi connectivity index (χ1v) is 12.4. The van der Waals surface area contributed by atoms with Crippen LogP contribution in [0, 0.1) is 24.2 Å². The van der Waals surface area contributed by atoms with E-state index in [-0.39, 0.29) is 15.5 Å². The van der Waals surface area contributed by atoms with Gasteiger partial charge in [0.05, 0.1) is 15.4 Å². The largest absolute Gasteiger partial charge is 0.478 e. The molecule has 0 aliphatic heterocycles. The van der Waals surface area contributed by atoms with E-state index in [0.29, 0.717) is 16.1 Å². The topological polar surface area (TPSA) is 80.7 Å². The molecule has 3 rings (SSSR count). The first kappa shape index (κ1) is 25.4. The molecular formula is C27H25ClO5S. The van der Waals surface area contributed by atoms with E-state index in [1.807, 2.05) is 6.92 Å². The van der Waals surface area contributed by atoms with Crippen LogP contribution in [-0.2, 0) is 14.6 Å². The standard InChI is InChI=1S/C27H25ClO5S/c1-18-10-14-23(34(31,32)22-8-6-5-7-9-22)17-19(18)11-12-20-16-21(28)13-15-24(20)33-25(26(29)30)27(2,3)4/h5-10,13-17,25H,1-4H3,(H,29,30). The number of hydrogen-bond acceptors (Lipinski definition) is 4. The molecule has 0 amide bonds. The second kappa shape index (κ2) is 9.92. The minimum atomic E-state index is -3.70. The molecule has 1 N–H and O–H groups in total. The van der Waals surface area contributed by atoms with Crippen molar-refractivity contribution in [1.29, 1.82) is 0 Å². The summed E-state index contributed by atoms with van der Waals surface area (Å²) in [6, 6.07) is 17.7. The Kier molecular flexibility index (Phi) is 7.40. The third-order valence-electron chi connectivity index (χ3n) is 5.10. The molecule has 3 aromatic carbocycles. The highest BCUT2D eigenvalue weighted by atomic mass is 35.5. The van der Waals surface area contributed by atoms with Gasteiger partial charge in [-0.2, -0.15) is 0 Å². The third kappa shape index (κ3) is 5.80. The SMILES string of the molecule is Cc1ccc(S(=O)(=O)c2ccccc2)cc1C#Cc1cc(Cl)ccc1OC(C(=O)O)C(C)(C)C. The Morgan fingerprint density at radius 1 is 0.941 bits per heavy atom. The number of sulfone groups is 1. The van der Waals surface area contributed by atoms with Crippen LogP contribution in [0.3, 0.4) is 0 Å². The lowest BCUT2D eigenvalue weighted by atomic mass is 9.89. The number of ether oxygens (including phenoxy) is 1. The summed E-state index contributed by atoms with van der Waals surface area (Å²) < 4.78 is 31.8. The van der Waals surface area contributed by atoms with Crippen LogP contribution in [0.1, 0.15) is 37.5 Å². The Hall–Kier alpha value is -3.27. The van der Waals surface area contributed by atoms with E-state index in [4.69, 9.17) is 16.3 Å². The molecular weight excluding hydrogens is 472 g/mol. The molecule has 5 nitrogen and oxygen atoms in total. The molecule has 0 saturated heterocycles. The zero-order valence-electron chi connectivity index (χ0n) is 19.3. The monoisotopic (exact) mass is 496 g/mol. The van der Waals surface area contributed by atoms with Crippen LogP contribution >= 0.6 is 11.6 Å². The molecule has 0 heterocycles. The van der Waals surface area contributed by atoms with Gasteiger partial charge in [-0.15, -0.1) is 0 Å². The smallest absolute Gasteiger partial charge is 0.345 e. The predicted molar refractivity (Wildman–Crippen MR) is 132 cm³/mol. The maximum absolute atomic E-state index is 13.0. The molecule has 1 unspecified atom stereocenters. The van der Waals surface area contributed by atoms with Gasteiger partial charge in [-0.1, -0.05) is 68.5 Å². The third-order valence-corrected chi connectivity index (χ3v) is 7.10. The van der Waals surface area contributed by atoms with Gasteiger partial charge in [0.15, 0.2) is 6.10 Å². The molecule has 0 spiro atoms. The van der Waals surface area contributed by atoms with Crippen LogP contribution in [0.15, 0.2) is 76.5 Å². The van der Waals surface area contributed by atoms with Gasteiger partial charge < -0.3 is 9.84 Å². The van der Waals surface area contributed by atoms with Crippen molar-refractivity contribution in [3.05, 3.63) is 88.4 Å². The second-order valence-corrected chi connectivity index (χ2v) is 11.3. The summed E-state index contributed by atoms with van der Waals surface area (Å²) in [4.78, 5) is 12.1. The Balaban J connectivity index is 2.03. The maximum atomic E-state index is 13.0. The molecule has 0 fully saturated rings. The normalized spacial score (nSPS) is 12.4. The molecule has 34 heavy (non-hydrogen) atoms. The number of aliphatic carboxylic acids is 1. The van der Waals surface area contributed by atoms with Gasteiger partial charge in [-0.25, -0.2) is 13.2 Å². The zero-order valence-corrected chi connectivity index (χ0v) is 20.9. The van der Waals surface area contributed by atoms with E-state index >= 15 is 0 Å². The van der Waals surface area contributed by atoms with E-state index in [9.17, 15) is 18.3 Å². The fourth-order valence-corrected chi connectivity index (χ4v) is 4.68. The van der Waals surface area contributed by atoms with Crippen LogP contribution in [0.25, 0.3) is 0 Å². The van der Waals surface area contributed by atoms with Crippen molar-refractivity contribution in [3.8, 4) is 17.6 Å². The molecule has 0 bridgehead atoms. The Bertz CT molecular complexity index is 1380. The maximum Gasteiger partial charge on any atom is 0.345 e. The van der Waals surface area contributed by atoms with E-state index in [2.05, 4.69) is 11.8 Å². The lowest BCUT2D eigenvalue weighted by molar-refractivity contribution is -0.150. The first-order chi connectivity index (χ1) is 15.9. The first-order valence-electron chi connectivity index (χ1n) is 10.5. The summed E-state index contributed by atoms with van der Waals surface area (Å²) >= 11 is 6.15. The van der Waals surface area contributed by atoms with Crippen LogP contribution < -0.4 is 4.74 Å². The van der Waals surface area contributed by atoms with Gasteiger partial charge in [-0.3, -0.25) is 0 Å². The van der Waals surface area contributed by atoms with Crippen molar-refractivity contribution in [1.82, 2.24) is 0 Å². The van der Waals surface area contributed by atoms with Crippen LogP contribution in [0.4, 0.5) is 0 Å².